The lowest BCUT2D eigenvalue weighted by atomic mass is 10.0. The highest BCUT2D eigenvalue weighted by Gasteiger charge is 2.30. The van der Waals surface area contributed by atoms with Crippen molar-refractivity contribution >= 4 is 40.6 Å². The first-order valence-corrected chi connectivity index (χ1v) is 9.14. The summed E-state index contributed by atoms with van der Waals surface area (Å²) in [6.07, 6.45) is 1.87. The maximum absolute atomic E-state index is 13.1. The zero-order chi connectivity index (χ0) is 18.3. The van der Waals surface area contributed by atoms with Crippen LogP contribution in [0.2, 0.25) is 5.02 Å². The van der Waals surface area contributed by atoms with E-state index in [1.165, 1.54) is 0 Å². The molecule has 1 saturated heterocycles. The smallest absolute Gasteiger partial charge is 0.259 e. The summed E-state index contributed by atoms with van der Waals surface area (Å²) in [6, 6.07) is 12.7. The van der Waals surface area contributed by atoms with Crippen molar-refractivity contribution in [3.8, 4) is 0 Å². The highest BCUT2D eigenvalue weighted by molar-refractivity contribution is 7.71. The number of aromatic amines is 2. The molecule has 1 aliphatic heterocycles. The van der Waals surface area contributed by atoms with Crippen molar-refractivity contribution in [1.29, 1.82) is 0 Å². The molecular formula is C19H16ClN3O2S. The Morgan fingerprint density at radius 3 is 2.69 bits per heavy atom. The molecule has 132 valence electrons. The van der Waals surface area contributed by atoms with Crippen LogP contribution in [0, 0.1) is 4.77 Å². The zero-order valence-corrected chi connectivity index (χ0v) is 15.4. The Balaban J connectivity index is 1.70. The molecule has 1 fully saturated rings. The predicted molar refractivity (Wildman–Crippen MR) is 104 cm³/mol. The highest BCUT2D eigenvalue weighted by Crippen LogP contribution is 2.33. The van der Waals surface area contributed by atoms with Crippen molar-refractivity contribution in [2.45, 2.75) is 18.9 Å². The number of likely N-dealkylation sites (tertiary alicyclic amines) is 1. The van der Waals surface area contributed by atoms with E-state index >= 15 is 0 Å². The van der Waals surface area contributed by atoms with Crippen LogP contribution in [0.4, 0.5) is 0 Å². The second-order valence-corrected chi connectivity index (χ2v) is 7.22. The molecular weight excluding hydrogens is 370 g/mol. The molecule has 2 heterocycles. The summed E-state index contributed by atoms with van der Waals surface area (Å²) in [5.74, 6) is -0.0519. The number of halogens is 1. The molecule has 26 heavy (non-hydrogen) atoms. The summed E-state index contributed by atoms with van der Waals surface area (Å²) < 4.78 is 0.243. The maximum atomic E-state index is 13.1. The number of fused-ring (bicyclic) bond motifs is 1. The van der Waals surface area contributed by atoms with Crippen LogP contribution in [0.5, 0.6) is 0 Å². The van der Waals surface area contributed by atoms with E-state index in [2.05, 4.69) is 9.97 Å². The van der Waals surface area contributed by atoms with E-state index in [0.717, 1.165) is 18.4 Å². The number of carbonyl (C=O) groups is 1. The van der Waals surface area contributed by atoms with Gasteiger partial charge in [0.2, 0.25) is 0 Å². The molecule has 1 unspecified atom stereocenters. The average Bonchev–Trinajstić information content (AvgIpc) is 3.10. The van der Waals surface area contributed by atoms with Gasteiger partial charge in [-0.2, -0.15) is 0 Å². The van der Waals surface area contributed by atoms with Crippen LogP contribution < -0.4 is 5.56 Å². The fraction of sp³-hybridized carbons (Fsp3) is 0.211. The molecule has 2 N–H and O–H groups in total. The van der Waals surface area contributed by atoms with Gasteiger partial charge in [-0.15, -0.1) is 0 Å². The van der Waals surface area contributed by atoms with Crippen molar-refractivity contribution in [2.24, 2.45) is 0 Å². The fourth-order valence-corrected chi connectivity index (χ4v) is 3.84. The minimum atomic E-state index is -0.261. The molecule has 1 aliphatic rings. The number of nitrogens with one attached hydrogen (secondary N) is 2. The van der Waals surface area contributed by atoms with Crippen molar-refractivity contribution in [2.75, 3.05) is 6.54 Å². The topological polar surface area (TPSA) is 69.0 Å². The first-order chi connectivity index (χ1) is 12.5. The second-order valence-electron chi connectivity index (χ2n) is 6.38. The van der Waals surface area contributed by atoms with Crippen molar-refractivity contribution in [1.82, 2.24) is 14.9 Å². The van der Waals surface area contributed by atoms with Gasteiger partial charge in [0.05, 0.1) is 16.9 Å². The first kappa shape index (κ1) is 17.0. The highest BCUT2D eigenvalue weighted by atomic mass is 35.5. The van der Waals surface area contributed by atoms with Crippen LogP contribution in [0.25, 0.3) is 10.9 Å². The lowest BCUT2D eigenvalue weighted by Gasteiger charge is -2.25. The fourth-order valence-electron chi connectivity index (χ4n) is 3.51. The third-order valence-electron chi connectivity index (χ3n) is 4.75. The minimum Gasteiger partial charge on any atom is -0.332 e. The average molecular weight is 386 g/mol. The Morgan fingerprint density at radius 1 is 1.15 bits per heavy atom. The molecule has 2 aromatic carbocycles. The summed E-state index contributed by atoms with van der Waals surface area (Å²) >= 11 is 11.0. The van der Waals surface area contributed by atoms with Gasteiger partial charge in [-0.25, -0.2) is 0 Å². The molecule has 0 saturated carbocycles. The molecule has 1 atom stereocenters. The van der Waals surface area contributed by atoms with Gasteiger partial charge in [-0.05, 0) is 61.0 Å². The normalized spacial score (nSPS) is 17.0. The molecule has 3 aromatic rings. The largest absolute Gasteiger partial charge is 0.332 e. The monoisotopic (exact) mass is 385 g/mol. The number of hydrogen-bond acceptors (Lipinski definition) is 3. The summed E-state index contributed by atoms with van der Waals surface area (Å²) in [7, 11) is 0. The van der Waals surface area contributed by atoms with E-state index in [1.807, 2.05) is 29.2 Å². The lowest BCUT2D eigenvalue weighted by Crippen LogP contribution is -2.30. The Labute approximate surface area is 159 Å². The zero-order valence-electron chi connectivity index (χ0n) is 13.8. The van der Waals surface area contributed by atoms with Crippen LogP contribution in [0.3, 0.4) is 0 Å². The van der Waals surface area contributed by atoms with E-state index in [0.29, 0.717) is 28.0 Å². The van der Waals surface area contributed by atoms with Crippen LogP contribution in [-0.2, 0) is 0 Å². The van der Waals surface area contributed by atoms with E-state index in [9.17, 15) is 9.59 Å². The van der Waals surface area contributed by atoms with Crippen LogP contribution in [-0.4, -0.2) is 27.3 Å². The molecule has 0 bridgehead atoms. The number of hydrogen-bond donors (Lipinski definition) is 2. The summed E-state index contributed by atoms with van der Waals surface area (Å²) in [6.45, 7) is 0.704. The summed E-state index contributed by atoms with van der Waals surface area (Å²) in [5, 5.41) is 1.16. The van der Waals surface area contributed by atoms with E-state index in [1.54, 1.807) is 18.2 Å². The van der Waals surface area contributed by atoms with Gasteiger partial charge in [0.1, 0.15) is 0 Å². The molecule has 5 nitrogen and oxygen atoms in total. The number of amides is 1. The third kappa shape index (κ3) is 3.06. The minimum absolute atomic E-state index is 0.0353. The van der Waals surface area contributed by atoms with Gasteiger partial charge in [-0.1, -0.05) is 23.7 Å². The Morgan fingerprint density at radius 2 is 1.92 bits per heavy atom. The van der Waals surface area contributed by atoms with Gasteiger partial charge in [0.15, 0.2) is 4.77 Å². The molecule has 4 rings (SSSR count). The second kappa shape index (κ2) is 6.70. The van der Waals surface area contributed by atoms with Crippen molar-refractivity contribution in [3.63, 3.8) is 0 Å². The van der Waals surface area contributed by atoms with E-state index in [-0.39, 0.29) is 22.3 Å². The van der Waals surface area contributed by atoms with Gasteiger partial charge in [0.25, 0.3) is 11.5 Å². The standard InChI is InChI=1S/C19H16ClN3O2S/c20-13-6-3-11(4-7-13)16-2-1-9-23(16)18(25)12-5-8-14-15(10-12)21-19(26)22-17(14)24/h3-8,10,16H,1-2,9H2,(H2,21,22,24,26). The Kier molecular flexibility index (Phi) is 4.38. The number of rotatable bonds is 2. The van der Waals surface area contributed by atoms with Gasteiger partial charge in [0, 0.05) is 17.1 Å². The summed E-state index contributed by atoms with van der Waals surface area (Å²) in [5.41, 5.74) is 1.92. The quantitative estimate of drug-likeness (QED) is 0.649. The SMILES string of the molecule is O=C(c1ccc2c(=O)[nH]c(=S)[nH]c2c1)N1CCCC1c1ccc(Cl)cc1. The van der Waals surface area contributed by atoms with Crippen LogP contribution >= 0.6 is 23.8 Å². The van der Waals surface area contributed by atoms with Gasteiger partial charge in [-0.3, -0.25) is 14.6 Å². The number of H-pyrrole nitrogens is 2. The van der Waals surface area contributed by atoms with Crippen molar-refractivity contribution < 1.29 is 4.79 Å². The molecule has 1 aromatic heterocycles. The van der Waals surface area contributed by atoms with Gasteiger partial charge < -0.3 is 9.88 Å². The van der Waals surface area contributed by atoms with Crippen LogP contribution in [0.15, 0.2) is 47.3 Å². The Bertz CT molecular complexity index is 1100. The number of carbonyl (C=O) groups excluding carboxylic acids is 1. The number of aromatic nitrogens is 2. The predicted octanol–water partition coefficient (Wildman–Crippen LogP) is 4.22. The van der Waals surface area contributed by atoms with E-state index < -0.39 is 0 Å². The number of nitrogens with zero attached hydrogens (tertiary/aromatic N) is 1. The molecule has 7 heteroatoms. The molecule has 0 aliphatic carbocycles. The first-order valence-electron chi connectivity index (χ1n) is 8.36. The molecule has 0 radical (unpaired) electrons. The summed E-state index contributed by atoms with van der Waals surface area (Å²) in [4.78, 5) is 32.4. The van der Waals surface area contributed by atoms with E-state index in [4.69, 9.17) is 23.8 Å². The van der Waals surface area contributed by atoms with Crippen molar-refractivity contribution in [3.05, 3.63) is 73.7 Å². The lowest BCUT2D eigenvalue weighted by molar-refractivity contribution is 0.0736. The Hall–Kier alpha value is -2.44. The molecule has 1 amide bonds. The van der Waals surface area contributed by atoms with Gasteiger partial charge >= 0.3 is 0 Å². The maximum Gasteiger partial charge on any atom is 0.259 e. The number of benzene rings is 2. The van der Waals surface area contributed by atoms with Crippen LogP contribution in [0.1, 0.15) is 34.8 Å². The molecule has 0 spiro atoms. The third-order valence-corrected chi connectivity index (χ3v) is 5.21.